The molecule has 166 valence electrons. The van der Waals surface area contributed by atoms with E-state index in [9.17, 15) is 9.59 Å². The number of amides is 1. The van der Waals surface area contributed by atoms with Crippen molar-refractivity contribution >= 4 is 45.3 Å². The second-order valence-electron chi connectivity index (χ2n) is 7.99. The van der Waals surface area contributed by atoms with Crippen molar-refractivity contribution in [1.82, 2.24) is 15.0 Å². The fourth-order valence-electron chi connectivity index (χ4n) is 4.18. The number of carbonyl (C=O) groups excluding carboxylic acids is 1. The number of aryl methyl sites for hydroxylation is 3. The highest BCUT2D eigenvalue weighted by molar-refractivity contribution is 7.18. The predicted octanol–water partition coefficient (Wildman–Crippen LogP) is 5.05. The Morgan fingerprint density at radius 2 is 1.97 bits per heavy atom. The number of thiophene rings is 1. The van der Waals surface area contributed by atoms with E-state index in [1.165, 1.54) is 4.88 Å². The third-order valence-corrected chi connectivity index (χ3v) is 7.21. The van der Waals surface area contributed by atoms with Gasteiger partial charge in [0.2, 0.25) is 0 Å². The monoisotopic (exact) mass is 476 g/mol. The molecule has 1 aliphatic rings. The average Bonchev–Trinajstić information content (AvgIpc) is 3.19. The van der Waals surface area contributed by atoms with E-state index in [2.05, 4.69) is 10.5 Å². The van der Waals surface area contributed by atoms with E-state index < -0.39 is 0 Å². The quantitative estimate of drug-likeness (QED) is 0.330. The Hall–Kier alpha value is -3.29. The van der Waals surface area contributed by atoms with Crippen LogP contribution in [0.3, 0.4) is 0 Å². The number of hydrogen-bond donors (Lipinski definition) is 1. The van der Waals surface area contributed by atoms with Gasteiger partial charge in [-0.05, 0) is 74.1 Å². The van der Waals surface area contributed by atoms with Crippen molar-refractivity contribution in [2.24, 2.45) is 5.10 Å². The van der Waals surface area contributed by atoms with Crippen LogP contribution in [0.5, 0.6) is 0 Å². The van der Waals surface area contributed by atoms with Gasteiger partial charge in [0.05, 0.1) is 17.3 Å². The van der Waals surface area contributed by atoms with E-state index in [1.54, 1.807) is 64.6 Å². The molecule has 0 radical (unpaired) electrons. The van der Waals surface area contributed by atoms with Crippen molar-refractivity contribution in [1.29, 1.82) is 0 Å². The molecular formula is C25H21ClN4O2S. The van der Waals surface area contributed by atoms with Gasteiger partial charge in [0.15, 0.2) is 0 Å². The molecule has 5 rings (SSSR count). The third kappa shape index (κ3) is 4.21. The van der Waals surface area contributed by atoms with Crippen LogP contribution in [0.15, 0.2) is 58.4 Å². The van der Waals surface area contributed by atoms with Crippen molar-refractivity contribution in [3.63, 3.8) is 0 Å². The van der Waals surface area contributed by atoms with Crippen LogP contribution in [0.25, 0.3) is 15.9 Å². The molecule has 0 bridgehead atoms. The highest BCUT2D eigenvalue weighted by Crippen LogP contribution is 2.34. The first kappa shape index (κ1) is 21.6. The Balaban J connectivity index is 1.46. The summed E-state index contributed by atoms with van der Waals surface area (Å²) in [5.41, 5.74) is 5.43. The van der Waals surface area contributed by atoms with Gasteiger partial charge in [0.1, 0.15) is 10.7 Å². The minimum absolute atomic E-state index is 0.0739. The summed E-state index contributed by atoms with van der Waals surface area (Å²) in [5.74, 6) is 0.235. The molecule has 4 aromatic rings. The first-order valence-electron chi connectivity index (χ1n) is 10.7. The van der Waals surface area contributed by atoms with Crippen LogP contribution in [-0.2, 0) is 12.8 Å². The molecule has 0 saturated heterocycles. The van der Waals surface area contributed by atoms with Crippen LogP contribution in [0.4, 0.5) is 0 Å². The summed E-state index contributed by atoms with van der Waals surface area (Å²) in [5, 5.41) is 5.38. The van der Waals surface area contributed by atoms with Gasteiger partial charge in [-0.3, -0.25) is 14.2 Å². The molecule has 1 amide bonds. The molecule has 0 unspecified atom stereocenters. The zero-order chi connectivity index (χ0) is 22.9. The lowest BCUT2D eigenvalue weighted by atomic mass is 9.97. The van der Waals surface area contributed by atoms with Gasteiger partial charge in [0.25, 0.3) is 11.5 Å². The van der Waals surface area contributed by atoms with Gasteiger partial charge in [0, 0.05) is 15.5 Å². The number of aromatic nitrogens is 2. The van der Waals surface area contributed by atoms with Crippen LogP contribution < -0.4 is 11.0 Å². The summed E-state index contributed by atoms with van der Waals surface area (Å²) in [7, 11) is 0. The lowest BCUT2D eigenvalue weighted by Crippen LogP contribution is -2.23. The molecule has 2 aromatic carbocycles. The Morgan fingerprint density at radius 1 is 1.18 bits per heavy atom. The number of nitrogens with one attached hydrogen (secondary N) is 1. The van der Waals surface area contributed by atoms with E-state index in [0.717, 1.165) is 47.0 Å². The second kappa shape index (κ2) is 8.92. The molecule has 0 aliphatic heterocycles. The van der Waals surface area contributed by atoms with Crippen LogP contribution in [0, 0.1) is 6.92 Å². The summed E-state index contributed by atoms with van der Waals surface area (Å²) in [6.45, 7) is 1.82. The zero-order valence-electron chi connectivity index (χ0n) is 18.0. The van der Waals surface area contributed by atoms with Gasteiger partial charge in [-0.2, -0.15) is 5.10 Å². The van der Waals surface area contributed by atoms with Crippen LogP contribution in [0.2, 0.25) is 5.02 Å². The molecule has 33 heavy (non-hydrogen) atoms. The number of carbonyl (C=O) groups is 1. The zero-order valence-corrected chi connectivity index (χ0v) is 19.5. The third-order valence-electron chi connectivity index (χ3n) is 5.77. The van der Waals surface area contributed by atoms with E-state index in [4.69, 9.17) is 16.6 Å². The van der Waals surface area contributed by atoms with Crippen LogP contribution in [0.1, 0.15) is 45.0 Å². The second-order valence-corrected chi connectivity index (χ2v) is 9.51. The smallest absolute Gasteiger partial charge is 0.268 e. The number of hydrazone groups is 1. The molecule has 1 N–H and O–H groups in total. The molecule has 1 aliphatic carbocycles. The largest absolute Gasteiger partial charge is 0.271 e. The van der Waals surface area contributed by atoms with Gasteiger partial charge in [-0.15, -0.1) is 11.3 Å². The number of hydrogen-bond acceptors (Lipinski definition) is 5. The molecule has 0 atom stereocenters. The van der Waals surface area contributed by atoms with Crippen molar-refractivity contribution in [2.75, 3.05) is 0 Å². The molecule has 6 nitrogen and oxygen atoms in total. The summed E-state index contributed by atoms with van der Waals surface area (Å²) < 4.78 is 1.59. The molecule has 2 heterocycles. The summed E-state index contributed by atoms with van der Waals surface area (Å²) >= 11 is 7.52. The summed E-state index contributed by atoms with van der Waals surface area (Å²) in [6, 6.07) is 14.1. The van der Waals surface area contributed by atoms with E-state index in [1.807, 2.05) is 13.0 Å². The maximum absolute atomic E-state index is 13.5. The van der Waals surface area contributed by atoms with Crippen molar-refractivity contribution < 1.29 is 4.79 Å². The minimum Gasteiger partial charge on any atom is -0.268 e. The molecular weight excluding hydrogens is 456 g/mol. The number of nitrogens with zero attached hydrogens (tertiary/aromatic N) is 3. The predicted molar refractivity (Wildman–Crippen MR) is 133 cm³/mol. The maximum atomic E-state index is 13.5. The SMILES string of the molecule is Cc1nc2sc3c(c2c(=O)n1-c1cccc(C(=O)N/N=C/c2ccc(Cl)cc2)c1)CCCC3. The molecule has 0 fully saturated rings. The van der Waals surface area contributed by atoms with Gasteiger partial charge < -0.3 is 0 Å². The molecule has 0 spiro atoms. The standard InChI is InChI=1S/C25H21ClN4O2S/c1-15-28-24-22(20-7-2-3-8-21(20)33-24)25(32)30(15)19-6-4-5-17(13-19)23(31)29-27-14-16-9-11-18(26)12-10-16/h4-6,9-14H,2-3,7-8H2,1H3,(H,29,31)/b27-14+. The van der Waals surface area contributed by atoms with Crippen LogP contribution in [-0.4, -0.2) is 21.7 Å². The summed E-state index contributed by atoms with van der Waals surface area (Å²) in [6.07, 6.45) is 5.73. The fraction of sp³-hybridized carbons (Fsp3) is 0.200. The minimum atomic E-state index is -0.366. The molecule has 2 aromatic heterocycles. The van der Waals surface area contributed by atoms with Gasteiger partial charge >= 0.3 is 0 Å². The lowest BCUT2D eigenvalue weighted by Gasteiger charge is -2.12. The normalized spacial score (nSPS) is 13.4. The van der Waals surface area contributed by atoms with Crippen molar-refractivity contribution in [3.8, 4) is 5.69 Å². The fourth-order valence-corrected chi connectivity index (χ4v) is 5.60. The Morgan fingerprint density at radius 3 is 2.79 bits per heavy atom. The van der Waals surface area contributed by atoms with Crippen molar-refractivity contribution in [3.05, 3.63) is 91.3 Å². The van der Waals surface area contributed by atoms with Crippen LogP contribution >= 0.6 is 22.9 Å². The topological polar surface area (TPSA) is 76.3 Å². The molecule has 0 saturated carbocycles. The number of benzene rings is 2. The highest BCUT2D eigenvalue weighted by atomic mass is 35.5. The van der Waals surface area contributed by atoms with Crippen molar-refractivity contribution in [2.45, 2.75) is 32.6 Å². The maximum Gasteiger partial charge on any atom is 0.271 e. The van der Waals surface area contributed by atoms with Gasteiger partial charge in [-0.25, -0.2) is 10.4 Å². The van der Waals surface area contributed by atoms with E-state index in [-0.39, 0.29) is 11.5 Å². The van der Waals surface area contributed by atoms with Gasteiger partial charge in [-0.1, -0.05) is 29.8 Å². The first-order chi connectivity index (χ1) is 16.0. The number of rotatable bonds is 4. The number of halogens is 1. The Bertz CT molecular complexity index is 1450. The van der Waals surface area contributed by atoms with E-state index in [0.29, 0.717) is 22.1 Å². The van der Waals surface area contributed by atoms with E-state index >= 15 is 0 Å². The Labute approximate surface area is 199 Å². The lowest BCUT2D eigenvalue weighted by molar-refractivity contribution is 0.0955. The Kier molecular flexibility index (Phi) is 5.83. The summed E-state index contributed by atoms with van der Waals surface area (Å²) in [4.78, 5) is 33.0. The highest BCUT2D eigenvalue weighted by Gasteiger charge is 2.22. The molecule has 8 heteroatoms. The number of fused-ring (bicyclic) bond motifs is 3. The average molecular weight is 477 g/mol. The first-order valence-corrected chi connectivity index (χ1v) is 11.9.